The number of H-pyrrole nitrogens is 1. The first-order chi connectivity index (χ1) is 14.2. The van der Waals surface area contributed by atoms with Crippen LogP contribution < -0.4 is 5.32 Å². The van der Waals surface area contributed by atoms with E-state index in [4.69, 9.17) is 0 Å². The van der Waals surface area contributed by atoms with Crippen LogP contribution in [-0.4, -0.2) is 45.0 Å². The number of hydrogen-bond donors (Lipinski definition) is 2. The predicted octanol–water partition coefficient (Wildman–Crippen LogP) is 2.63. The predicted molar refractivity (Wildman–Crippen MR) is 109 cm³/mol. The number of aromatic amines is 1. The summed E-state index contributed by atoms with van der Waals surface area (Å²) >= 11 is 0. The fourth-order valence-corrected chi connectivity index (χ4v) is 4.36. The maximum atomic E-state index is 12.9. The van der Waals surface area contributed by atoms with Crippen molar-refractivity contribution in [1.29, 1.82) is 0 Å². The summed E-state index contributed by atoms with van der Waals surface area (Å²) in [5.74, 6) is 0.642. The van der Waals surface area contributed by atoms with E-state index in [-0.39, 0.29) is 11.8 Å². The molecule has 29 heavy (non-hydrogen) atoms. The standard InChI is InChI=1S/C22H29N5O2/c28-20(24-15-17-4-3-11-23-14-17)8-7-16-9-12-27(13-10-16)22(29)21-18-5-1-2-6-19(18)25-26-21/h3-4,11,14,16H,1-2,5-10,12-13,15H2,(H,24,28)(H,25,26). The molecule has 2 amide bonds. The SMILES string of the molecule is O=C(CCC1CCN(C(=O)c2n[nH]c3c2CCCC3)CC1)NCc1cccnc1. The second kappa shape index (κ2) is 9.20. The van der Waals surface area contributed by atoms with Crippen molar-refractivity contribution < 1.29 is 9.59 Å². The molecule has 0 bridgehead atoms. The highest BCUT2D eigenvalue weighted by molar-refractivity contribution is 5.94. The second-order valence-corrected chi connectivity index (χ2v) is 8.15. The molecule has 4 rings (SSSR count). The number of nitrogens with zero attached hydrogens (tertiary/aromatic N) is 3. The van der Waals surface area contributed by atoms with Gasteiger partial charge in [0.05, 0.1) is 0 Å². The summed E-state index contributed by atoms with van der Waals surface area (Å²) < 4.78 is 0. The van der Waals surface area contributed by atoms with Crippen molar-refractivity contribution in [3.8, 4) is 0 Å². The third-order valence-corrected chi connectivity index (χ3v) is 6.15. The van der Waals surface area contributed by atoms with Gasteiger partial charge in [0.15, 0.2) is 5.69 Å². The normalized spacial score (nSPS) is 17.0. The molecule has 7 nitrogen and oxygen atoms in total. The Morgan fingerprint density at radius 1 is 1.21 bits per heavy atom. The van der Waals surface area contributed by atoms with Crippen molar-refractivity contribution in [2.75, 3.05) is 13.1 Å². The minimum absolute atomic E-state index is 0.0667. The highest BCUT2D eigenvalue weighted by atomic mass is 16.2. The lowest BCUT2D eigenvalue weighted by Gasteiger charge is -2.31. The van der Waals surface area contributed by atoms with Crippen LogP contribution in [0, 0.1) is 5.92 Å². The van der Waals surface area contributed by atoms with Crippen molar-refractivity contribution in [2.45, 2.75) is 57.9 Å². The lowest BCUT2D eigenvalue weighted by molar-refractivity contribution is -0.121. The van der Waals surface area contributed by atoms with E-state index in [1.165, 1.54) is 6.42 Å². The number of pyridine rings is 1. The topological polar surface area (TPSA) is 91.0 Å². The summed E-state index contributed by atoms with van der Waals surface area (Å²) in [4.78, 5) is 31.0. The smallest absolute Gasteiger partial charge is 0.274 e. The number of carbonyl (C=O) groups excluding carboxylic acids is 2. The summed E-state index contributed by atoms with van der Waals surface area (Å²) in [6, 6.07) is 3.83. The largest absolute Gasteiger partial charge is 0.352 e. The highest BCUT2D eigenvalue weighted by Gasteiger charge is 2.28. The molecule has 0 atom stereocenters. The molecule has 154 valence electrons. The van der Waals surface area contributed by atoms with Gasteiger partial charge in [-0.1, -0.05) is 6.07 Å². The van der Waals surface area contributed by atoms with Gasteiger partial charge in [-0.2, -0.15) is 5.10 Å². The van der Waals surface area contributed by atoms with E-state index < -0.39 is 0 Å². The third kappa shape index (κ3) is 4.83. The van der Waals surface area contributed by atoms with Gasteiger partial charge in [0.25, 0.3) is 5.91 Å². The first kappa shape index (κ1) is 19.6. The number of nitrogens with one attached hydrogen (secondary N) is 2. The minimum atomic E-state index is 0.0667. The van der Waals surface area contributed by atoms with Gasteiger partial charge < -0.3 is 10.2 Å². The molecule has 3 heterocycles. The first-order valence-corrected chi connectivity index (χ1v) is 10.7. The van der Waals surface area contributed by atoms with Crippen molar-refractivity contribution in [3.05, 3.63) is 47.0 Å². The highest BCUT2D eigenvalue weighted by Crippen LogP contribution is 2.26. The monoisotopic (exact) mass is 395 g/mol. The lowest BCUT2D eigenvalue weighted by Crippen LogP contribution is -2.39. The van der Waals surface area contributed by atoms with Crippen molar-refractivity contribution in [1.82, 2.24) is 25.4 Å². The van der Waals surface area contributed by atoms with Crippen LogP contribution in [0.4, 0.5) is 0 Å². The zero-order chi connectivity index (χ0) is 20.1. The van der Waals surface area contributed by atoms with Crippen LogP contribution in [0.1, 0.15) is 65.8 Å². The van der Waals surface area contributed by atoms with Gasteiger partial charge in [-0.15, -0.1) is 0 Å². The molecule has 2 aromatic rings. The Morgan fingerprint density at radius 2 is 2.03 bits per heavy atom. The van der Waals surface area contributed by atoms with E-state index in [2.05, 4.69) is 20.5 Å². The number of piperidine rings is 1. The number of aryl methyl sites for hydroxylation is 1. The average Bonchev–Trinajstić information content (AvgIpc) is 3.21. The molecular formula is C22H29N5O2. The van der Waals surface area contributed by atoms with E-state index in [1.54, 1.807) is 12.4 Å². The van der Waals surface area contributed by atoms with Crippen molar-refractivity contribution >= 4 is 11.8 Å². The zero-order valence-electron chi connectivity index (χ0n) is 16.8. The summed E-state index contributed by atoms with van der Waals surface area (Å²) in [5.41, 5.74) is 3.92. The van der Waals surface area contributed by atoms with Crippen LogP contribution in [0.3, 0.4) is 0 Å². The summed E-state index contributed by atoms with van der Waals surface area (Å²) in [5, 5.41) is 10.3. The van der Waals surface area contributed by atoms with Crippen LogP contribution in [0.5, 0.6) is 0 Å². The van der Waals surface area contributed by atoms with E-state index >= 15 is 0 Å². The van der Waals surface area contributed by atoms with E-state index in [0.29, 0.717) is 24.6 Å². The maximum Gasteiger partial charge on any atom is 0.274 e. The van der Waals surface area contributed by atoms with Crippen molar-refractivity contribution in [2.24, 2.45) is 5.92 Å². The molecular weight excluding hydrogens is 366 g/mol. The summed E-state index contributed by atoms with van der Waals surface area (Å²) in [6.45, 7) is 2.03. The number of fused-ring (bicyclic) bond motifs is 1. The Morgan fingerprint density at radius 3 is 2.83 bits per heavy atom. The number of carbonyl (C=O) groups is 2. The number of amides is 2. The number of aromatic nitrogens is 3. The summed E-state index contributed by atoms with van der Waals surface area (Å²) in [7, 11) is 0. The average molecular weight is 396 g/mol. The van der Waals surface area contributed by atoms with Crippen LogP contribution in [-0.2, 0) is 24.2 Å². The van der Waals surface area contributed by atoms with E-state index in [0.717, 1.165) is 68.4 Å². The molecule has 1 fully saturated rings. The van der Waals surface area contributed by atoms with Gasteiger partial charge in [-0.05, 0) is 62.5 Å². The van der Waals surface area contributed by atoms with Gasteiger partial charge in [0, 0.05) is 49.7 Å². The zero-order valence-corrected chi connectivity index (χ0v) is 16.8. The van der Waals surface area contributed by atoms with Gasteiger partial charge in [0.2, 0.25) is 5.91 Å². The molecule has 0 saturated carbocycles. The number of likely N-dealkylation sites (tertiary alicyclic amines) is 1. The molecule has 1 saturated heterocycles. The maximum absolute atomic E-state index is 12.9. The van der Waals surface area contributed by atoms with Gasteiger partial charge >= 0.3 is 0 Å². The molecule has 0 aromatic carbocycles. The van der Waals surface area contributed by atoms with Crippen LogP contribution in [0.25, 0.3) is 0 Å². The second-order valence-electron chi connectivity index (χ2n) is 8.15. The lowest BCUT2D eigenvalue weighted by atomic mass is 9.91. The molecule has 7 heteroatoms. The Bertz CT molecular complexity index is 840. The Hall–Kier alpha value is -2.70. The minimum Gasteiger partial charge on any atom is -0.352 e. The fourth-order valence-electron chi connectivity index (χ4n) is 4.36. The number of rotatable bonds is 6. The molecule has 0 radical (unpaired) electrons. The third-order valence-electron chi connectivity index (χ3n) is 6.15. The van der Waals surface area contributed by atoms with Crippen molar-refractivity contribution in [3.63, 3.8) is 0 Å². The van der Waals surface area contributed by atoms with Crippen LogP contribution in [0.15, 0.2) is 24.5 Å². The number of hydrogen-bond acceptors (Lipinski definition) is 4. The molecule has 2 aromatic heterocycles. The van der Waals surface area contributed by atoms with Gasteiger partial charge in [-0.25, -0.2) is 0 Å². The van der Waals surface area contributed by atoms with Crippen LogP contribution >= 0.6 is 0 Å². The molecule has 2 aliphatic rings. The first-order valence-electron chi connectivity index (χ1n) is 10.7. The molecule has 1 aliphatic carbocycles. The molecule has 0 spiro atoms. The fraction of sp³-hybridized carbons (Fsp3) is 0.545. The van der Waals surface area contributed by atoms with E-state index in [1.807, 2.05) is 17.0 Å². The summed E-state index contributed by atoms with van der Waals surface area (Å²) in [6.07, 6.45) is 11.1. The molecule has 2 N–H and O–H groups in total. The Kier molecular flexibility index (Phi) is 6.22. The van der Waals surface area contributed by atoms with E-state index in [9.17, 15) is 9.59 Å². The van der Waals surface area contributed by atoms with Gasteiger partial charge in [-0.3, -0.25) is 19.7 Å². The van der Waals surface area contributed by atoms with Gasteiger partial charge in [0.1, 0.15) is 0 Å². The molecule has 0 unspecified atom stereocenters. The van der Waals surface area contributed by atoms with Crippen LogP contribution in [0.2, 0.25) is 0 Å². The molecule has 1 aliphatic heterocycles. The quantitative estimate of drug-likeness (QED) is 0.787. The Labute approximate surface area is 171 Å². The Balaban J connectivity index is 1.20.